The maximum Gasteiger partial charge on any atom is 0.243 e. The topological polar surface area (TPSA) is 49.4 Å². The van der Waals surface area contributed by atoms with E-state index in [1.165, 1.54) is 22.5 Å². The molecule has 1 unspecified atom stereocenters. The summed E-state index contributed by atoms with van der Waals surface area (Å²) in [6.45, 7) is 5.42. The second-order valence-corrected chi connectivity index (χ2v) is 7.03. The largest absolute Gasteiger partial charge is 0.313 e. The van der Waals surface area contributed by atoms with Gasteiger partial charge in [0, 0.05) is 24.7 Å². The summed E-state index contributed by atoms with van der Waals surface area (Å²) in [6, 6.07) is 4.05. The summed E-state index contributed by atoms with van der Waals surface area (Å²) in [5, 5.41) is 3.01. The minimum Gasteiger partial charge on any atom is -0.313 e. The van der Waals surface area contributed by atoms with Crippen LogP contribution in [0.25, 0.3) is 0 Å². The van der Waals surface area contributed by atoms with E-state index in [1.807, 2.05) is 13.8 Å². The molecule has 0 amide bonds. The molecule has 0 spiro atoms. The molecule has 4 nitrogen and oxygen atoms in total. The number of benzene rings is 1. The van der Waals surface area contributed by atoms with Crippen LogP contribution >= 0.6 is 0 Å². The SMILES string of the molecule is CCNCc1cc(S(=O)(=O)N2CCCC2C)ccc1F. The zero-order chi connectivity index (χ0) is 14.8. The summed E-state index contributed by atoms with van der Waals surface area (Å²) in [5.74, 6) is -0.376. The average molecular weight is 300 g/mol. The standard InChI is InChI=1S/C14H21FN2O2S/c1-3-16-10-12-9-13(6-7-14(12)15)20(18,19)17-8-4-5-11(17)2/h6-7,9,11,16H,3-5,8,10H2,1-2H3. The van der Waals surface area contributed by atoms with Crippen molar-refractivity contribution >= 4 is 10.0 Å². The summed E-state index contributed by atoms with van der Waals surface area (Å²) in [6.07, 6.45) is 1.76. The molecule has 1 aliphatic heterocycles. The number of sulfonamides is 1. The predicted octanol–water partition coefficient (Wildman–Crippen LogP) is 2.11. The van der Waals surface area contributed by atoms with Crippen LogP contribution in [-0.2, 0) is 16.6 Å². The third kappa shape index (κ3) is 3.02. The maximum absolute atomic E-state index is 13.7. The molecular formula is C14H21FN2O2S. The Balaban J connectivity index is 2.32. The first kappa shape index (κ1) is 15.4. The van der Waals surface area contributed by atoms with Crippen LogP contribution < -0.4 is 5.32 Å². The molecule has 112 valence electrons. The second-order valence-electron chi connectivity index (χ2n) is 5.14. The fraction of sp³-hybridized carbons (Fsp3) is 0.571. The maximum atomic E-state index is 13.7. The third-order valence-electron chi connectivity index (χ3n) is 3.68. The van der Waals surface area contributed by atoms with Gasteiger partial charge in [-0.15, -0.1) is 0 Å². The number of rotatable bonds is 5. The molecule has 0 bridgehead atoms. The normalized spacial score (nSPS) is 20.4. The van der Waals surface area contributed by atoms with E-state index >= 15 is 0 Å². The Morgan fingerprint density at radius 1 is 1.45 bits per heavy atom. The lowest BCUT2D eigenvalue weighted by Gasteiger charge is -2.21. The van der Waals surface area contributed by atoms with Crippen LogP contribution in [0.2, 0.25) is 0 Å². The van der Waals surface area contributed by atoms with Crippen LogP contribution in [0.4, 0.5) is 4.39 Å². The van der Waals surface area contributed by atoms with Gasteiger partial charge in [0.05, 0.1) is 4.90 Å². The molecule has 1 aromatic rings. The summed E-state index contributed by atoms with van der Waals surface area (Å²) >= 11 is 0. The molecule has 6 heteroatoms. The van der Waals surface area contributed by atoms with Gasteiger partial charge in [-0.3, -0.25) is 0 Å². The van der Waals surface area contributed by atoms with Gasteiger partial charge in [-0.25, -0.2) is 12.8 Å². The van der Waals surface area contributed by atoms with Gasteiger partial charge >= 0.3 is 0 Å². The van der Waals surface area contributed by atoms with Crippen molar-refractivity contribution in [2.24, 2.45) is 0 Å². The summed E-state index contributed by atoms with van der Waals surface area (Å²) in [5.41, 5.74) is 0.389. The Kier molecular flexibility index (Phi) is 4.78. The zero-order valence-electron chi connectivity index (χ0n) is 11.9. The molecule has 1 heterocycles. The molecule has 20 heavy (non-hydrogen) atoms. The van der Waals surface area contributed by atoms with Gasteiger partial charge in [0.15, 0.2) is 0 Å². The zero-order valence-corrected chi connectivity index (χ0v) is 12.7. The monoisotopic (exact) mass is 300 g/mol. The fourth-order valence-corrected chi connectivity index (χ4v) is 4.26. The van der Waals surface area contributed by atoms with E-state index in [0.717, 1.165) is 12.8 Å². The van der Waals surface area contributed by atoms with E-state index in [0.29, 0.717) is 25.2 Å². The number of hydrogen-bond donors (Lipinski definition) is 1. The molecule has 2 rings (SSSR count). The van der Waals surface area contributed by atoms with E-state index in [-0.39, 0.29) is 16.8 Å². The van der Waals surface area contributed by atoms with Crippen LogP contribution in [-0.4, -0.2) is 31.9 Å². The highest BCUT2D eigenvalue weighted by atomic mass is 32.2. The van der Waals surface area contributed by atoms with Crippen LogP contribution in [0.3, 0.4) is 0 Å². The van der Waals surface area contributed by atoms with Crippen molar-refractivity contribution in [3.63, 3.8) is 0 Å². The number of halogens is 1. The molecule has 1 fully saturated rings. The van der Waals surface area contributed by atoms with Crippen molar-refractivity contribution in [2.75, 3.05) is 13.1 Å². The van der Waals surface area contributed by atoms with Gasteiger partial charge in [-0.2, -0.15) is 4.31 Å². The molecule has 0 aliphatic carbocycles. The van der Waals surface area contributed by atoms with Crippen molar-refractivity contribution in [3.05, 3.63) is 29.6 Å². The number of nitrogens with zero attached hydrogens (tertiary/aromatic N) is 1. The molecule has 1 aliphatic rings. The van der Waals surface area contributed by atoms with Crippen LogP contribution in [0.1, 0.15) is 32.3 Å². The van der Waals surface area contributed by atoms with Crippen LogP contribution in [0, 0.1) is 5.82 Å². The van der Waals surface area contributed by atoms with Gasteiger partial charge in [-0.05, 0) is 44.5 Å². The van der Waals surface area contributed by atoms with E-state index in [1.54, 1.807) is 0 Å². The third-order valence-corrected chi connectivity index (χ3v) is 5.69. The van der Waals surface area contributed by atoms with Gasteiger partial charge in [0.1, 0.15) is 5.82 Å². The summed E-state index contributed by atoms with van der Waals surface area (Å²) < 4.78 is 40.3. The van der Waals surface area contributed by atoms with Gasteiger partial charge in [0.2, 0.25) is 10.0 Å². The Morgan fingerprint density at radius 2 is 2.20 bits per heavy atom. The molecule has 1 aromatic carbocycles. The van der Waals surface area contributed by atoms with Crippen molar-refractivity contribution in [1.29, 1.82) is 0 Å². The Labute approximate surface area is 120 Å². The average Bonchev–Trinajstić information content (AvgIpc) is 2.84. The van der Waals surface area contributed by atoms with E-state index in [2.05, 4.69) is 5.32 Å². The molecule has 0 aromatic heterocycles. The number of nitrogens with one attached hydrogen (secondary N) is 1. The lowest BCUT2D eigenvalue weighted by Crippen LogP contribution is -2.33. The van der Waals surface area contributed by atoms with E-state index in [4.69, 9.17) is 0 Å². The summed E-state index contributed by atoms with van der Waals surface area (Å²) in [4.78, 5) is 0.181. The smallest absolute Gasteiger partial charge is 0.243 e. The van der Waals surface area contributed by atoms with Crippen molar-refractivity contribution in [3.8, 4) is 0 Å². The highest BCUT2D eigenvalue weighted by molar-refractivity contribution is 7.89. The first-order valence-electron chi connectivity index (χ1n) is 6.97. The molecule has 1 atom stereocenters. The molecular weight excluding hydrogens is 279 g/mol. The highest BCUT2D eigenvalue weighted by Gasteiger charge is 2.32. The molecule has 0 radical (unpaired) electrons. The van der Waals surface area contributed by atoms with Gasteiger partial charge < -0.3 is 5.32 Å². The Morgan fingerprint density at radius 3 is 2.80 bits per heavy atom. The van der Waals surface area contributed by atoms with Gasteiger partial charge in [0.25, 0.3) is 0 Å². The van der Waals surface area contributed by atoms with Crippen molar-refractivity contribution < 1.29 is 12.8 Å². The van der Waals surface area contributed by atoms with E-state index in [9.17, 15) is 12.8 Å². The molecule has 0 saturated carbocycles. The highest BCUT2D eigenvalue weighted by Crippen LogP contribution is 2.26. The summed E-state index contributed by atoms with van der Waals surface area (Å²) in [7, 11) is -3.51. The van der Waals surface area contributed by atoms with Crippen molar-refractivity contribution in [2.45, 2.75) is 44.2 Å². The molecule has 1 N–H and O–H groups in total. The van der Waals surface area contributed by atoms with Gasteiger partial charge in [-0.1, -0.05) is 6.92 Å². The Hall–Kier alpha value is -0.980. The minimum absolute atomic E-state index is 0.0160. The van der Waals surface area contributed by atoms with Crippen LogP contribution in [0.5, 0.6) is 0 Å². The van der Waals surface area contributed by atoms with Crippen molar-refractivity contribution in [1.82, 2.24) is 9.62 Å². The predicted molar refractivity (Wildman–Crippen MR) is 76.4 cm³/mol. The fourth-order valence-electron chi connectivity index (χ4n) is 2.51. The molecule has 1 saturated heterocycles. The number of hydrogen-bond acceptors (Lipinski definition) is 3. The lowest BCUT2D eigenvalue weighted by molar-refractivity contribution is 0.408. The minimum atomic E-state index is -3.51. The Bertz CT molecular complexity index is 575. The first-order chi connectivity index (χ1) is 9.46. The van der Waals surface area contributed by atoms with E-state index < -0.39 is 10.0 Å². The first-order valence-corrected chi connectivity index (χ1v) is 8.41. The second kappa shape index (κ2) is 6.20. The quantitative estimate of drug-likeness (QED) is 0.906. The lowest BCUT2D eigenvalue weighted by atomic mass is 10.2. The van der Waals surface area contributed by atoms with Crippen LogP contribution in [0.15, 0.2) is 23.1 Å².